The van der Waals surface area contributed by atoms with E-state index in [0.29, 0.717) is 17.1 Å². The Labute approximate surface area is 131 Å². The molecule has 2 aliphatic rings. The highest BCUT2D eigenvalue weighted by molar-refractivity contribution is 9.10. The van der Waals surface area contributed by atoms with Crippen LogP contribution in [0.25, 0.3) is 0 Å². The van der Waals surface area contributed by atoms with E-state index in [0.717, 1.165) is 19.7 Å². The molecule has 2 saturated heterocycles. The minimum absolute atomic E-state index is 0.0285. The van der Waals surface area contributed by atoms with Crippen molar-refractivity contribution in [1.82, 2.24) is 9.88 Å². The molecule has 0 aromatic carbocycles. The molecule has 1 aromatic rings. The van der Waals surface area contributed by atoms with E-state index in [4.69, 9.17) is 4.74 Å². The lowest BCUT2D eigenvalue weighted by Crippen LogP contribution is -2.48. The van der Waals surface area contributed by atoms with E-state index in [9.17, 15) is 10.1 Å². The van der Waals surface area contributed by atoms with Gasteiger partial charge in [-0.25, -0.2) is 4.98 Å². The minimum Gasteiger partial charge on any atom is -0.373 e. The van der Waals surface area contributed by atoms with Crippen LogP contribution in [0.1, 0.15) is 12.8 Å². The van der Waals surface area contributed by atoms with Gasteiger partial charge in [0.25, 0.3) is 0 Å². The van der Waals surface area contributed by atoms with Crippen LogP contribution in [0.15, 0.2) is 16.7 Å². The number of nitro groups is 1. The SMILES string of the molecule is O=[N+]([O-])c1cc(Br)cnc1NCC1CN2CCCC2CO1. The van der Waals surface area contributed by atoms with Crippen LogP contribution in [0.4, 0.5) is 11.5 Å². The van der Waals surface area contributed by atoms with Crippen molar-refractivity contribution < 1.29 is 9.66 Å². The number of fused-ring (bicyclic) bond motifs is 1. The number of ether oxygens (including phenoxy) is 1. The van der Waals surface area contributed by atoms with Crippen LogP contribution in [0.3, 0.4) is 0 Å². The molecular formula is C13H17BrN4O3. The highest BCUT2D eigenvalue weighted by atomic mass is 79.9. The molecule has 2 aliphatic heterocycles. The molecule has 8 heteroatoms. The van der Waals surface area contributed by atoms with E-state index >= 15 is 0 Å². The summed E-state index contributed by atoms with van der Waals surface area (Å²) >= 11 is 3.20. The first-order valence-electron chi connectivity index (χ1n) is 7.03. The summed E-state index contributed by atoms with van der Waals surface area (Å²) in [6, 6.07) is 2.01. The predicted molar refractivity (Wildman–Crippen MR) is 81.4 cm³/mol. The van der Waals surface area contributed by atoms with Gasteiger partial charge in [-0.2, -0.15) is 0 Å². The van der Waals surface area contributed by atoms with Crippen LogP contribution < -0.4 is 5.32 Å². The third kappa shape index (κ3) is 3.33. The lowest BCUT2D eigenvalue weighted by atomic mass is 10.2. The van der Waals surface area contributed by atoms with Crippen molar-refractivity contribution in [3.05, 3.63) is 26.9 Å². The summed E-state index contributed by atoms with van der Waals surface area (Å²) in [4.78, 5) is 17.1. The molecule has 0 aliphatic carbocycles. The normalized spacial score (nSPS) is 25.6. The second-order valence-corrected chi connectivity index (χ2v) is 6.32. The molecular weight excluding hydrogens is 340 g/mol. The van der Waals surface area contributed by atoms with Gasteiger partial charge in [-0.15, -0.1) is 0 Å². The number of nitrogens with one attached hydrogen (secondary N) is 1. The maximum atomic E-state index is 11.0. The third-order valence-corrected chi connectivity index (χ3v) is 4.42. The smallest absolute Gasteiger partial charge is 0.312 e. The number of rotatable bonds is 4. The topological polar surface area (TPSA) is 80.5 Å². The number of pyridine rings is 1. The van der Waals surface area contributed by atoms with Crippen molar-refractivity contribution in [1.29, 1.82) is 0 Å². The van der Waals surface area contributed by atoms with Gasteiger partial charge in [-0.1, -0.05) is 0 Å². The first-order chi connectivity index (χ1) is 10.1. The third-order valence-electron chi connectivity index (χ3n) is 3.99. The number of morpholine rings is 1. The first-order valence-corrected chi connectivity index (χ1v) is 7.82. The monoisotopic (exact) mass is 356 g/mol. The maximum absolute atomic E-state index is 11.0. The summed E-state index contributed by atoms with van der Waals surface area (Å²) in [6.45, 7) is 3.28. The van der Waals surface area contributed by atoms with Gasteiger partial charge in [-0.3, -0.25) is 15.0 Å². The number of anilines is 1. The van der Waals surface area contributed by atoms with Gasteiger partial charge in [-0.05, 0) is 35.3 Å². The summed E-state index contributed by atoms with van der Waals surface area (Å²) in [6.07, 6.45) is 4.03. The predicted octanol–water partition coefficient (Wildman–Crippen LogP) is 2.03. The second kappa shape index (κ2) is 6.25. The summed E-state index contributed by atoms with van der Waals surface area (Å²) in [5, 5.41) is 14.1. The van der Waals surface area contributed by atoms with Crippen LogP contribution in [0, 0.1) is 10.1 Å². The highest BCUT2D eigenvalue weighted by Crippen LogP contribution is 2.26. The molecule has 3 heterocycles. The fourth-order valence-corrected chi connectivity index (χ4v) is 3.24. The van der Waals surface area contributed by atoms with E-state index in [1.54, 1.807) is 6.20 Å². The summed E-state index contributed by atoms with van der Waals surface area (Å²) < 4.78 is 6.42. The standard InChI is InChI=1S/C13H17BrN4O3/c14-9-4-12(18(19)20)13(15-5-9)16-6-11-7-17-3-1-2-10(17)8-21-11/h4-5,10-11H,1-3,6-8H2,(H,15,16). The van der Waals surface area contributed by atoms with E-state index in [1.165, 1.54) is 18.9 Å². The van der Waals surface area contributed by atoms with Crippen molar-refractivity contribution in [2.75, 3.05) is 31.6 Å². The van der Waals surface area contributed by atoms with Crippen LogP contribution in [0.2, 0.25) is 0 Å². The molecule has 2 unspecified atom stereocenters. The Morgan fingerprint density at radius 2 is 2.48 bits per heavy atom. The Morgan fingerprint density at radius 3 is 3.29 bits per heavy atom. The largest absolute Gasteiger partial charge is 0.373 e. The van der Waals surface area contributed by atoms with Gasteiger partial charge in [0.2, 0.25) is 5.82 Å². The lowest BCUT2D eigenvalue weighted by Gasteiger charge is -2.35. The summed E-state index contributed by atoms with van der Waals surface area (Å²) in [5.41, 5.74) is -0.0285. The molecule has 3 rings (SSSR count). The Balaban J connectivity index is 1.61. The number of hydrogen-bond donors (Lipinski definition) is 1. The molecule has 2 fully saturated rings. The van der Waals surface area contributed by atoms with Crippen molar-refractivity contribution >= 4 is 27.4 Å². The molecule has 0 bridgehead atoms. The molecule has 0 amide bonds. The minimum atomic E-state index is -0.432. The fourth-order valence-electron chi connectivity index (χ4n) is 2.92. The van der Waals surface area contributed by atoms with Crippen molar-refractivity contribution in [2.24, 2.45) is 0 Å². The number of halogens is 1. The molecule has 0 spiro atoms. The van der Waals surface area contributed by atoms with Crippen LogP contribution >= 0.6 is 15.9 Å². The van der Waals surface area contributed by atoms with Crippen LogP contribution in [-0.4, -0.2) is 53.2 Å². The second-order valence-electron chi connectivity index (χ2n) is 5.41. The average Bonchev–Trinajstić information content (AvgIpc) is 2.93. The van der Waals surface area contributed by atoms with Crippen LogP contribution in [-0.2, 0) is 4.74 Å². The van der Waals surface area contributed by atoms with Gasteiger partial charge in [0.1, 0.15) is 0 Å². The molecule has 1 aromatic heterocycles. The van der Waals surface area contributed by atoms with Gasteiger partial charge in [0.15, 0.2) is 0 Å². The zero-order chi connectivity index (χ0) is 14.8. The first kappa shape index (κ1) is 14.7. The van der Waals surface area contributed by atoms with Crippen molar-refractivity contribution in [3.8, 4) is 0 Å². The molecule has 0 saturated carbocycles. The molecule has 114 valence electrons. The average molecular weight is 357 g/mol. The zero-order valence-corrected chi connectivity index (χ0v) is 13.1. The zero-order valence-electron chi connectivity index (χ0n) is 11.5. The molecule has 7 nitrogen and oxygen atoms in total. The van der Waals surface area contributed by atoms with Gasteiger partial charge in [0, 0.05) is 35.9 Å². The molecule has 2 atom stereocenters. The van der Waals surface area contributed by atoms with E-state index in [1.807, 2.05) is 0 Å². The highest BCUT2D eigenvalue weighted by Gasteiger charge is 2.32. The molecule has 0 radical (unpaired) electrons. The maximum Gasteiger partial charge on any atom is 0.312 e. The van der Waals surface area contributed by atoms with E-state index in [2.05, 4.69) is 31.1 Å². The van der Waals surface area contributed by atoms with Crippen LogP contribution in [0.5, 0.6) is 0 Å². The number of nitrogens with zero attached hydrogens (tertiary/aromatic N) is 3. The van der Waals surface area contributed by atoms with Gasteiger partial charge >= 0.3 is 5.69 Å². The molecule has 1 N–H and O–H groups in total. The van der Waals surface area contributed by atoms with Gasteiger partial charge < -0.3 is 10.1 Å². The Kier molecular flexibility index (Phi) is 4.37. The summed E-state index contributed by atoms with van der Waals surface area (Å²) in [5.74, 6) is 0.287. The fraction of sp³-hybridized carbons (Fsp3) is 0.615. The molecule has 21 heavy (non-hydrogen) atoms. The van der Waals surface area contributed by atoms with E-state index in [-0.39, 0.29) is 17.6 Å². The Morgan fingerprint density at radius 1 is 1.62 bits per heavy atom. The Bertz CT molecular complexity index is 542. The van der Waals surface area contributed by atoms with Crippen molar-refractivity contribution in [2.45, 2.75) is 25.0 Å². The Hall–Kier alpha value is -1.25. The van der Waals surface area contributed by atoms with E-state index < -0.39 is 4.92 Å². The quantitative estimate of drug-likeness (QED) is 0.656. The number of hydrogen-bond acceptors (Lipinski definition) is 6. The number of aromatic nitrogens is 1. The lowest BCUT2D eigenvalue weighted by molar-refractivity contribution is -0.384. The van der Waals surface area contributed by atoms with Gasteiger partial charge in [0.05, 0.1) is 17.6 Å². The van der Waals surface area contributed by atoms with Crippen molar-refractivity contribution in [3.63, 3.8) is 0 Å². The summed E-state index contributed by atoms with van der Waals surface area (Å²) in [7, 11) is 0.